The molecule has 0 aromatic heterocycles. The first-order valence-corrected chi connectivity index (χ1v) is 4.02. The van der Waals surface area contributed by atoms with Crippen LogP contribution >= 0.6 is 12.4 Å². The van der Waals surface area contributed by atoms with Crippen LogP contribution in [-0.2, 0) is 0 Å². The maximum Gasteiger partial charge on any atom is 0.0476 e. The van der Waals surface area contributed by atoms with Gasteiger partial charge in [-0.2, -0.15) is 0 Å². The largest absolute Gasteiger partial charge is 0.396 e. The van der Waals surface area contributed by atoms with Gasteiger partial charge in [0.2, 0.25) is 0 Å². The van der Waals surface area contributed by atoms with Gasteiger partial charge in [-0.3, -0.25) is 0 Å². The van der Waals surface area contributed by atoms with Crippen LogP contribution in [-0.4, -0.2) is 24.3 Å². The summed E-state index contributed by atoms with van der Waals surface area (Å²) in [6.45, 7) is 2.53. The van der Waals surface area contributed by atoms with Crippen molar-refractivity contribution < 1.29 is 5.11 Å². The van der Waals surface area contributed by atoms with E-state index >= 15 is 0 Å². The topological polar surface area (TPSA) is 32.3 Å². The van der Waals surface area contributed by atoms with Crippen molar-refractivity contribution in [3.63, 3.8) is 0 Å². The molecule has 0 aromatic carbocycles. The van der Waals surface area contributed by atoms with E-state index in [1.54, 1.807) is 0 Å². The molecule has 1 aliphatic rings. The van der Waals surface area contributed by atoms with Crippen LogP contribution < -0.4 is 5.32 Å². The van der Waals surface area contributed by atoms with E-state index in [4.69, 9.17) is 5.11 Å². The molecule has 1 saturated carbocycles. The average molecular weight is 180 g/mol. The Hall–Kier alpha value is 0.210. The Morgan fingerprint density at radius 1 is 1.64 bits per heavy atom. The Labute approximate surface area is 74.8 Å². The van der Waals surface area contributed by atoms with Gasteiger partial charge in [0.1, 0.15) is 0 Å². The lowest BCUT2D eigenvalue weighted by atomic mass is 9.90. The highest BCUT2D eigenvalue weighted by Gasteiger charge is 2.36. The quantitative estimate of drug-likeness (QED) is 0.668. The number of halogens is 1. The Balaban J connectivity index is 0.000001000. The molecular weight excluding hydrogens is 162 g/mol. The number of hydrogen-bond donors (Lipinski definition) is 2. The minimum absolute atomic E-state index is 0. The third-order valence-electron chi connectivity index (χ3n) is 2.94. The summed E-state index contributed by atoms with van der Waals surface area (Å²) in [7, 11) is 1.98. The van der Waals surface area contributed by atoms with Crippen molar-refractivity contribution in [2.45, 2.75) is 31.7 Å². The Morgan fingerprint density at radius 2 is 2.27 bits per heavy atom. The number of aliphatic hydroxyl groups excluding tert-OH is 1. The van der Waals surface area contributed by atoms with Gasteiger partial charge in [-0.1, -0.05) is 6.42 Å². The predicted octanol–water partition coefficient (Wildman–Crippen LogP) is 1.18. The zero-order valence-corrected chi connectivity index (χ0v) is 8.08. The van der Waals surface area contributed by atoms with Crippen LogP contribution in [0.1, 0.15) is 26.2 Å². The number of nitrogens with one attached hydrogen (secondary N) is 1. The van der Waals surface area contributed by atoms with Crippen LogP contribution in [0.15, 0.2) is 0 Å². The molecule has 0 amide bonds. The molecule has 0 aromatic rings. The van der Waals surface area contributed by atoms with Gasteiger partial charge in [-0.25, -0.2) is 0 Å². The van der Waals surface area contributed by atoms with Gasteiger partial charge < -0.3 is 10.4 Å². The van der Waals surface area contributed by atoms with Crippen molar-refractivity contribution in [1.29, 1.82) is 0 Å². The first-order valence-electron chi connectivity index (χ1n) is 4.02. The number of hydrogen-bond acceptors (Lipinski definition) is 2. The lowest BCUT2D eigenvalue weighted by molar-refractivity contribution is 0.164. The molecule has 0 saturated heterocycles. The molecular formula is C8H18ClNO. The summed E-state index contributed by atoms with van der Waals surface area (Å²) in [6.07, 6.45) is 3.63. The van der Waals surface area contributed by atoms with E-state index in [0.29, 0.717) is 12.5 Å². The fourth-order valence-corrected chi connectivity index (χ4v) is 1.86. The second kappa shape index (κ2) is 4.29. The normalized spacial score (nSPS) is 36.8. The Morgan fingerprint density at radius 3 is 2.64 bits per heavy atom. The third kappa shape index (κ3) is 2.08. The minimum atomic E-state index is 0. The molecule has 1 rings (SSSR count). The smallest absolute Gasteiger partial charge is 0.0476 e. The minimum Gasteiger partial charge on any atom is -0.396 e. The molecule has 2 N–H and O–H groups in total. The van der Waals surface area contributed by atoms with Crippen LogP contribution in [0.4, 0.5) is 0 Å². The zero-order chi connectivity index (χ0) is 7.61. The number of aliphatic hydroxyl groups is 1. The zero-order valence-electron chi connectivity index (χ0n) is 7.26. The first kappa shape index (κ1) is 11.2. The first-order chi connectivity index (χ1) is 4.73. The summed E-state index contributed by atoms with van der Waals surface area (Å²) in [5.41, 5.74) is 0.203. The van der Waals surface area contributed by atoms with Crippen molar-refractivity contribution in [3.05, 3.63) is 0 Å². The molecule has 0 radical (unpaired) electrons. The van der Waals surface area contributed by atoms with Crippen molar-refractivity contribution in [3.8, 4) is 0 Å². The molecule has 0 bridgehead atoms. The average Bonchev–Trinajstić information content (AvgIpc) is 2.32. The second-order valence-electron chi connectivity index (χ2n) is 3.44. The van der Waals surface area contributed by atoms with Crippen molar-refractivity contribution in [2.24, 2.45) is 5.92 Å². The molecule has 0 heterocycles. The van der Waals surface area contributed by atoms with Crippen LogP contribution in [0, 0.1) is 5.92 Å². The van der Waals surface area contributed by atoms with Crippen molar-refractivity contribution in [1.82, 2.24) is 5.32 Å². The lowest BCUT2D eigenvalue weighted by Gasteiger charge is -2.29. The third-order valence-corrected chi connectivity index (χ3v) is 2.94. The predicted molar refractivity (Wildman–Crippen MR) is 49.1 cm³/mol. The standard InChI is InChI=1S/C8H17NO.ClH/c1-8(9-2)5-3-4-7(8)6-10;/h7,9-10H,3-6H2,1-2H3;1H/t7?,8-;/m0./s1. The van der Waals surface area contributed by atoms with E-state index in [-0.39, 0.29) is 17.9 Å². The molecule has 68 valence electrons. The fraction of sp³-hybridized carbons (Fsp3) is 1.00. The van der Waals surface area contributed by atoms with Gasteiger partial charge in [-0.15, -0.1) is 12.4 Å². The Bertz CT molecular complexity index is 121. The van der Waals surface area contributed by atoms with E-state index in [1.807, 2.05) is 7.05 Å². The second-order valence-corrected chi connectivity index (χ2v) is 3.44. The van der Waals surface area contributed by atoms with E-state index in [1.165, 1.54) is 19.3 Å². The van der Waals surface area contributed by atoms with Gasteiger partial charge in [0.05, 0.1) is 0 Å². The summed E-state index contributed by atoms with van der Waals surface area (Å²) in [6, 6.07) is 0. The highest BCUT2D eigenvalue weighted by molar-refractivity contribution is 5.85. The maximum absolute atomic E-state index is 8.99. The SMILES string of the molecule is CN[C@@]1(C)CCCC1CO.Cl. The van der Waals surface area contributed by atoms with Gasteiger partial charge >= 0.3 is 0 Å². The maximum atomic E-state index is 8.99. The lowest BCUT2D eigenvalue weighted by Crippen LogP contribution is -2.44. The summed E-state index contributed by atoms with van der Waals surface area (Å²) >= 11 is 0. The molecule has 3 heteroatoms. The molecule has 0 spiro atoms. The summed E-state index contributed by atoms with van der Waals surface area (Å²) in [5.74, 6) is 0.470. The van der Waals surface area contributed by atoms with Crippen LogP contribution in [0.5, 0.6) is 0 Å². The van der Waals surface area contributed by atoms with E-state index < -0.39 is 0 Å². The van der Waals surface area contributed by atoms with Gasteiger partial charge in [0, 0.05) is 12.1 Å². The summed E-state index contributed by atoms with van der Waals surface area (Å²) in [4.78, 5) is 0. The highest BCUT2D eigenvalue weighted by atomic mass is 35.5. The van der Waals surface area contributed by atoms with Gasteiger partial charge in [-0.05, 0) is 32.7 Å². The molecule has 0 aliphatic heterocycles. The summed E-state index contributed by atoms with van der Waals surface area (Å²) < 4.78 is 0. The molecule has 1 unspecified atom stereocenters. The fourth-order valence-electron chi connectivity index (χ4n) is 1.86. The monoisotopic (exact) mass is 179 g/mol. The molecule has 1 fully saturated rings. The molecule has 1 aliphatic carbocycles. The van der Waals surface area contributed by atoms with Crippen LogP contribution in [0.3, 0.4) is 0 Å². The van der Waals surface area contributed by atoms with Crippen molar-refractivity contribution >= 4 is 12.4 Å². The number of rotatable bonds is 2. The Kier molecular flexibility index (Phi) is 4.37. The van der Waals surface area contributed by atoms with Crippen molar-refractivity contribution in [2.75, 3.05) is 13.7 Å². The van der Waals surface area contributed by atoms with E-state index in [0.717, 1.165) is 0 Å². The molecule has 2 atom stereocenters. The molecule has 2 nitrogen and oxygen atoms in total. The van der Waals surface area contributed by atoms with Gasteiger partial charge in [0.15, 0.2) is 0 Å². The summed E-state index contributed by atoms with van der Waals surface area (Å²) in [5, 5.41) is 12.3. The highest BCUT2D eigenvalue weighted by Crippen LogP contribution is 2.34. The van der Waals surface area contributed by atoms with E-state index in [2.05, 4.69) is 12.2 Å². The van der Waals surface area contributed by atoms with E-state index in [9.17, 15) is 0 Å². The van der Waals surface area contributed by atoms with Gasteiger partial charge in [0.25, 0.3) is 0 Å². The van der Waals surface area contributed by atoms with Crippen LogP contribution in [0.25, 0.3) is 0 Å². The molecule has 11 heavy (non-hydrogen) atoms. The van der Waals surface area contributed by atoms with Crippen LogP contribution in [0.2, 0.25) is 0 Å².